The summed E-state index contributed by atoms with van der Waals surface area (Å²) >= 11 is 1.70. The first-order chi connectivity index (χ1) is 15.0. The number of hydrogen-bond acceptors (Lipinski definition) is 7. The van der Waals surface area contributed by atoms with Gasteiger partial charge in [0.05, 0.1) is 26.4 Å². The van der Waals surface area contributed by atoms with Gasteiger partial charge in [0.15, 0.2) is 6.61 Å². The first kappa shape index (κ1) is 23.4. The zero-order valence-corrected chi connectivity index (χ0v) is 18.8. The zero-order valence-electron chi connectivity index (χ0n) is 18.0. The molecule has 0 aromatic heterocycles. The van der Waals surface area contributed by atoms with Crippen molar-refractivity contribution in [3.63, 3.8) is 0 Å². The summed E-state index contributed by atoms with van der Waals surface area (Å²) in [4.78, 5) is 11.6. The van der Waals surface area contributed by atoms with Gasteiger partial charge in [0, 0.05) is 16.9 Å². The molecule has 1 aliphatic heterocycles. The maximum Gasteiger partial charge on any atom is 0.343 e. The molecule has 0 spiro atoms. The fourth-order valence-electron chi connectivity index (χ4n) is 3.69. The number of aliphatic hydroxyl groups excluding tert-OH is 2. The number of carbonyl (C=O) groups is 1. The van der Waals surface area contributed by atoms with Crippen molar-refractivity contribution in [3.05, 3.63) is 59.2 Å². The predicted octanol–water partition coefficient (Wildman–Crippen LogP) is 3.52. The van der Waals surface area contributed by atoms with Gasteiger partial charge in [-0.25, -0.2) is 4.79 Å². The molecule has 31 heavy (non-hydrogen) atoms. The fraction of sp³-hybridized carbons (Fsp3) is 0.458. The molecule has 2 aromatic carbocycles. The van der Waals surface area contributed by atoms with Gasteiger partial charge in [-0.3, -0.25) is 0 Å². The van der Waals surface area contributed by atoms with Crippen molar-refractivity contribution in [2.75, 3.05) is 26.9 Å². The van der Waals surface area contributed by atoms with Crippen LogP contribution >= 0.6 is 11.8 Å². The molecule has 1 heterocycles. The number of benzene rings is 2. The van der Waals surface area contributed by atoms with Gasteiger partial charge >= 0.3 is 5.97 Å². The molecule has 1 aliphatic rings. The number of thioether (sulfide) groups is 1. The number of carbonyl (C=O) groups excluding carboxylic acids is 1. The molecule has 0 radical (unpaired) electrons. The lowest BCUT2D eigenvalue weighted by Crippen LogP contribution is -2.26. The van der Waals surface area contributed by atoms with Crippen molar-refractivity contribution in [3.8, 4) is 11.5 Å². The minimum atomic E-state index is -0.437. The van der Waals surface area contributed by atoms with E-state index >= 15 is 0 Å². The second-order valence-corrected chi connectivity index (χ2v) is 9.05. The number of ether oxygens (including phenoxy) is 3. The van der Waals surface area contributed by atoms with Crippen molar-refractivity contribution in [1.29, 1.82) is 0 Å². The zero-order chi connectivity index (χ0) is 22.2. The van der Waals surface area contributed by atoms with Crippen LogP contribution in [0, 0.1) is 0 Å². The lowest BCUT2D eigenvalue weighted by Gasteiger charge is -2.31. The average molecular weight is 447 g/mol. The van der Waals surface area contributed by atoms with Gasteiger partial charge in [-0.2, -0.15) is 0 Å². The van der Waals surface area contributed by atoms with Crippen molar-refractivity contribution < 1.29 is 29.2 Å². The molecule has 168 valence electrons. The van der Waals surface area contributed by atoms with Crippen LogP contribution in [0.5, 0.6) is 11.5 Å². The molecule has 2 aromatic rings. The number of hydrogen-bond donors (Lipinski definition) is 2. The highest BCUT2D eigenvalue weighted by molar-refractivity contribution is 8.00. The normalized spacial score (nSPS) is 20.8. The molecule has 6 nitrogen and oxygen atoms in total. The minimum Gasteiger partial charge on any atom is -0.494 e. The maximum atomic E-state index is 11.6. The van der Waals surface area contributed by atoms with Gasteiger partial charge < -0.3 is 24.4 Å². The van der Waals surface area contributed by atoms with Crippen LogP contribution in [0.4, 0.5) is 0 Å². The van der Waals surface area contributed by atoms with Crippen LogP contribution in [0.25, 0.3) is 0 Å². The highest BCUT2D eigenvalue weighted by Crippen LogP contribution is 2.43. The van der Waals surface area contributed by atoms with E-state index in [9.17, 15) is 15.0 Å². The fourth-order valence-corrected chi connectivity index (χ4v) is 5.21. The molecule has 0 saturated carbocycles. The van der Waals surface area contributed by atoms with E-state index in [4.69, 9.17) is 9.47 Å². The van der Waals surface area contributed by atoms with E-state index < -0.39 is 12.1 Å². The number of methoxy groups -OCH3 is 1. The van der Waals surface area contributed by atoms with E-state index in [-0.39, 0.29) is 23.7 Å². The summed E-state index contributed by atoms with van der Waals surface area (Å²) in [5, 5.41) is 19.9. The van der Waals surface area contributed by atoms with Crippen LogP contribution in [0.2, 0.25) is 0 Å². The Bertz CT molecular complexity index is 854. The topological polar surface area (TPSA) is 85.2 Å². The van der Waals surface area contributed by atoms with Gasteiger partial charge in [-0.1, -0.05) is 24.3 Å². The lowest BCUT2D eigenvalue weighted by atomic mass is 9.97. The summed E-state index contributed by atoms with van der Waals surface area (Å²) in [7, 11) is 1.33. The summed E-state index contributed by atoms with van der Waals surface area (Å²) in [5.41, 5.74) is 3.12. The molecule has 2 N–H and O–H groups in total. The predicted molar refractivity (Wildman–Crippen MR) is 121 cm³/mol. The molecule has 7 heteroatoms. The minimum absolute atomic E-state index is 0.0264. The standard InChI is InChI=1S/C24H30O6S/c1-3-29-20-7-4-16(5-8-20)10-18-11-17(6-9-22(18)30-15-24(27)28-2)23-13-19(26)12-21(14-25)31-23/h4-9,11,19,21,23,25-26H,3,10,12-15H2,1-2H3/t19-,21-,23+/m0/s1. The van der Waals surface area contributed by atoms with Gasteiger partial charge in [0.25, 0.3) is 0 Å². The summed E-state index contributed by atoms with van der Waals surface area (Å²) in [5.74, 6) is 1.01. The average Bonchev–Trinajstić information content (AvgIpc) is 2.79. The largest absolute Gasteiger partial charge is 0.494 e. The highest BCUT2D eigenvalue weighted by atomic mass is 32.2. The van der Waals surface area contributed by atoms with Crippen LogP contribution in [0.15, 0.2) is 42.5 Å². The Kier molecular flexibility index (Phi) is 8.63. The summed E-state index contributed by atoms with van der Waals surface area (Å²) in [6, 6.07) is 13.8. The van der Waals surface area contributed by atoms with Crippen LogP contribution in [0.1, 0.15) is 41.7 Å². The van der Waals surface area contributed by atoms with Crippen LogP contribution in [0.3, 0.4) is 0 Å². The molecule has 3 atom stereocenters. The molecule has 0 amide bonds. The van der Waals surface area contributed by atoms with Crippen molar-refractivity contribution in [1.82, 2.24) is 0 Å². The van der Waals surface area contributed by atoms with Gasteiger partial charge in [-0.05, 0) is 54.7 Å². The van der Waals surface area contributed by atoms with Gasteiger partial charge in [-0.15, -0.1) is 11.8 Å². The van der Waals surface area contributed by atoms with E-state index in [1.807, 2.05) is 43.3 Å². The Balaban J connectivity index is 1.84. The smallest absolute Gasteiger partial charge is 0.343 e. The van der Waals surface area contributed by atoms with E-state index in [0.29, 0.717) is 31.6 Å². The third kappa shape index (κ3) is 6.63. The van der Waals surface area contributed by atoms with E-state index in [1.54, 1.807) is 11.8 Å². The number of rotatable bonds is 9. The van der Waals surface area contributed by atoms with Gasteiger partial charge in [0.2, 0.25) is 0 Å². The van der Waals surface area contributed by atoms with Crippen molar-refractivity contribution >= 4 is 17.7 Å². The molecule has 0 aliphatic carbocycles. The Morgan fingerprint density at radius 3 is 2.58 bits per heavy atom. The molecular formula is C24H30O6S. The first-order valence-corrected chi connectivity index (χ1v) is 11.4. The molecule has 0 bridgehead atoms. The Morgan fingerprint density at radius 1 is 1.13 bits per heavy atom. The monoisotopic (exact) mass is 446 g/mol. The SMILES string of the molecule is CCOc1ccc(Cc2cc([C@H]3C[C@@H](O)C[C@@H](CO)S3)ccc2OCC(=O)OC)cc1. The molecule has 0 unspecified atom stereocenters. The van der Waals surface area contributed by atoms with Crippen molar-refractivity contribution in [2.45, 2.75) is 42.8 Å². The summed E-state index contributed by atoms with van der Waals surface area (Å²) in [6.07, 6.45) is 1.46. The number of esters is 1. The first-order valence-electron chi connectivity index (χ1n) is 10.5. The highest BCUT2D eigenvalue weighted by Gasteiger charge is 2.29. The number of aliphatic hydroxyl groups is 2. The second-order valence-electron chi connectivity index (χ2n) is 7.54. The van der Waals surface area contributed by atoms with E-state index in [1.165, 1.54) is 7.11 Å². The van der Waals surface area contributed by atoms with E-state index in [0.717, 1.165) is 22.4 Å². The summed E-state index contributed by atoms with van der Waals surface area (Å²) < 4.78 is 15.9. The second kappa shape index (κ2) is 11.4. The van der Waals surface area contributed by atoms with E-state index in [2.05, 4.69) is 10.8 Å². The third-order valence-electron chi connectivity index (χ3n) is 5.24. The quantitative estimate of drug-likeness (QED) is 0.570. The van der Waals surface area contributed by atoms with Crippen LogP contribution in [-0.4, -0.2) is 54.5 Å². The lowest BCUT2D eigenvalue weighted by molar-refractivity contribution is -0.142. The molecule has 1 saturated heterocycles. The molecule has 1 fully saturated rings. The molecular weight excluding hydrogens is 416 g/mol. The van der Waals surface area contributed by atoms with Crippen LogP contribution < -0.4 is 9.47 Å². The van der Waals surface area contributed by atoms with Crippen molar-refractivity contribution in [2.24, 2.45) is 0 Å². The Morgan fingerprint density at radius 2 is 1.90 bits per heavy atom. The Labute approximate surface area is 187 Å². The van der Waals surface area contributed by atoms with Crippen LogP contribution in [-0.2, 0) is 16.0 Å². The maximum absolute atomic E-state index is 11.6. The Hall–Kier alpha value is -2.22. The molecule has 3 rings (SSSR count). The van der Waals surface area contributed by atoms with Gasteiger partial charge in [0.1, 0.15) is 11.5 Å². The third-order valence-corrected chi connectivity index (χ3v) is 6.76. The summed E-state index contributed by atoms with van der Waals surface area (Å²) in [6.45, 7) is 2.46.